The van der Waals surface area contributed by atoms with Crippen molar-refractivity contribution in [1.29, 1.82) is 0 Å². The third-order valence-corrected chi connectivity index (χ3v) is 4.71. The van der Waals surface area contributed by atoms with Crippen molar-refractivity contribution in [2.75, 3.05) is 5.32 Å². The molecule has 0 aliphatic rings. The van der Waals surface area contributed by atoms with Gasteiger partial charge in [-0.25, -0.2) is 13.8 Å². The third-order valence-electron chi connectivity index (χ3n) is 3.72. The number of para-hydroxylation sites is 1. The van der Waals surface area contributed by atoms with Gasteiger partial charge in [-0.15, -0.1) is 0 Å². The maximum atomic E-state index is 13.3. The number of imidazole rings is 1. The van der Waals surface area contributed by atoms with E-state index in [1.54, 1.807) is 31.2 Å². The molecule has 1 unspecified atom stereocenters. The Hall–Kier alpha value is -2.74. The Morgan fingerprint density at radius 1 is 1.19 bits per heavy atom. The highest BCUT2D eigenvalue weighted by Gasteiger charge is 2.19. The van der Waals surface area contributed by atoms with E-state index in [-0.39, 0.29) is 17.2 Å². The number of fused-ring (bicyclic) bond motifs is 1. The summed E-state index contributed by atoms with van der Waals surface area (Å²) in [6.07, 6.45) is 0. The molecule has 5 nitrogen and oxygen atoms in total. The lowest BCUT2D eigenvalue weighted by Gasteiger charge is -2.12. The molecule has 26 heavy (non-hydrogen) atoms. The monoisotopic (exact) mass is 375 g/mol. The van der Waals surface area contributed by atoms with Crippen LogP contribution in [0.5, 0.6) is 0 Å². The van der Waals surface area contributed by atoms with Crippen molar-refractivity contribution in [2.24, 2.45) is 0 Å². The van der Waals surface area contributed by atoms with E-state index < -0.39 is 16.9 Å². The topological polar surface area (TPSA) is 74.8 Å². The number of rotatable bonds is 5. The average Bonchev–Trinajstić information content (AvgIpc) is 2.96. The lowest BCUT2D eigenvalue weighted by molar-refractivity contribution is -0.115. The normalized spacial score (nSPS) is 12.2. The first kappa shape index (κ1) is 18.1. The van der Waals surface area contributed by atoms with Crippen molar-refractivity contribution in [3.05, 3.63) is 53.6 Å². The van der Waals surface area contributed by atoms with Gasteiger partial charge in [0.15, 0.2) is 22.6 Å². The minimum atomic E-state index is -0.979. The summed E-state index contributed by atoms with van der Waals surface area (Å²) in [4.78, 5) is 31.1. The molecule has 134 valence electrons. The summed E-state index contributed by atoms with van der Waals surface area (Å²) in [7, 11) is 0. The molecule has 0 spiro atoms. The first-order valence-corrected chi connectivity index (χ1v) is 8.65. The lowest BCUT2D eigenvalue weighted by Crippen LogP contribution is -2.23. The number of nitrogens with one attached hydrogen (secondary N) is 2. The van der Waals surface area contributed by atoms with E-state index in [4.69, 9.17) is 0 Å². The van der Waals surface area contributed by atoms with Crippen LogP contribution in [0.15, 0.2) is 41.6 Å². The molecular formula is C18H15F2N3O2S. The number of amides is 1. The van der Waals surface area contributed by atoms with Gasteiger partial charge in [-0.1, -0.05) is 23.9 Å². The number of aromatic amines is 1. The molecule has 1 heterocycles. The summed E-state index contributed by atoms with van der Waals surface area (Å²) < 4.78 is 26.5. The fourth-order valence-electron chi connectivity index (χ4n) is 2.39. The average molecular weight is 375 g/mol. The van der Waals surface area contributed by atoms with Crippen LogP contribution in [0.1, 0.15) is 24.2 Å². The van der Waals surface area contributed by atoms with Gasteiger partial charge >= 0.3 is 0 Å². The predicted molar refractivity (Wildman–Crippen MR) is 96.4 cm³/mol. The lowest BCUT2D eigenvalue weighted by atomic mass is 10.1. The molecule has 1 atom stereocenters. The summed E-state index contributed by atoms with van der Waals surface area (Å²) in [5.74, 6) is -2.42. The van der Waals surface area contributed by atoms with E-state index in [1.807, 2.05) is 0 Å². The number of Topliss-reactive ketones (excluding diaryl/α,β-unsaturated/α-hetero) is 1. The fraction of sp³-hybridized carbons (Fsp3) is 0.167. The SMILES string of the molecule is CC(=O)c1ccccc1NC(=O)C(C)Sc1nc2cc(F)c(F)cc2[nH]1. The van der Waals surface area contributed by atoms with Crippen molar-refractivity contribution in [3.63, 3.8) is 0 Å². The summed E-state index contributed by atoms with van der Waals surface area (Å²) in [5.41, 5.74) is 1.49. The van der Waals surface area contributed by atoms with Gasteiger partial charge in [0.05, 0.1) is 22.0 Å². The molecule has 2 aromatic carbocycles. The fourth-order valence-corrected chi connectivity index (χ4v) is 3.21. The number of H-pyrrole nitrogens is 1. The second-order valence-corrected chi connectivity index (χ2v) is 7.01. The third kappa shape index (κ3) is 3.75. The molecule has 0 saturated heterocycles. The van der Waals surface area contributed by atoms with Gasteiger partial charge < -0.3 is 10.3 Å². The Kier molecular flexibility index (Phi) is 5.03. The van der Waals surface area contributed by atoms with E-state index in [9.17, 15) is 18.4 Å². The summed E-state index contributed by atoms with van der Waals surface area (Å²) >= 11 is 1.11. The molecule has 8 heteroatoms. The standard InChI is InChI=1S/C18H15F2N3O2S/c1-9(24)11-5-3-4-6-14(11)21-17(25)10(2)26-18-22-15-7-12(19)13(20)8-16(15)23-18/h3-8,10H,1-2H3,(H,21,25)(H,22,23). The van der Waals surface area contributed by atoms with E-state index in [1.165, 1.54) is 6.92 Å². The van der Waals surface area contributed by atoms with Crippen LogP contribution in [0.3, 0.4) is 0 Å². The van der Waals surface area contributed by atoms with Crippen molar-refractivity contribution < 1.29 is 18.4 Å². The molecule has 1 aromatic heterocycles. The van der Waals surface area contributed by atoms with Crippen molar-refractivity contribution in [3.8, 4) is 0 Å². The molecule has 0 fully saturated rings. The number of anilines is 1. The molecule has 3 rings (SSSR count). The Bertz CT molecular complexity index is 964. The molecule has 3 aromatic rings. The minimum Gasteiger partial charge on any atom is -0.333 e. The Labute approximate surface area is 152 Å². The van der Waals surface area contributed by atoms with E-state index in [0.29, 0.717) is 21.9 Å². The van der Waals surface area contributed by atoms with Crippen LogP contribution in [0, 0.1) is 11.6 Å². The van der Waals surface area contributed by atoms with Gasteiger partial charge in [0.2, 0.25) is 5.91 Å². The maximum absolute atomic E-state index is 13.3. The number of nitrogens with zero attached hydrogens (tertiary/aromatic N) is 1. The van der Waals surface area contributed by atoms with Gasteiger partial charge in [0, 0.05) is 17.7 Å². The number of hydrogen-bond donors (Lipinski definition) is 2. The molecule has 0 aliphatic carbocycles. The van der Waals surface area contributed by atoms with Crippen LogP contribution >= 0.6 is 11.8 Å². The van der Waals surface area contributed by atoms with Crippen LogP contribution < -0.4 is 5.32 Å². The second-order valence-electron chi connectivity index (χ2n) is 5.68. The summed E-state index contributed by atoms with van der Waals surface area (Å²) in [6, 6.07) is 8.75. The highest BCUT2D eigenvalue weighted by molar-refractivity contribution is 8.00. The second kappa shape index (κ2) is 7.25. The van der Waals surface area contributed by atoms with Crippen LogP contribution in [0.4, 0.5) is 14.5 Å². The van der Waals surface area contributed by atoms with E-state index in [2.05, 4.69) is 15.3 Å². The molecule has 2 N–H and O–H groups in total. The number of aromatic nitrogens is 2. The van der Waals surface area contributed by atoms with Crippen LogP contribution in [-0.2, 0) is 4.79 Å². The van der Waals surface area contributed by atoms with Gasteiger partial charge in [-0.2, -0.15) is 0 Å². The number of ketones is 1. The Balaban J connectivity index is 1.75. The number of benzene rings is 2. The molecule has 0 saturated carbocycles. The number of halogens is 2. The minimum absolute atomic E-state index is 0.150. The van der Waals surface area contributed by atoms with Gasteiger partial charge in [0.25, 0.3) is 0 Å². The van der Waals surface area contributed by atoms with E-state index in [0.717, 1.165) is 23.9 Å². The molecule has 0 aliphatic heterocycles. The number of carbonyl (C=O) groups is 2. The number of carbonyl (C=O) groups excluding carboxylic acids is 2. The number of hydrogen-bond acceptors (Lipinski definition) is 4. The first-order valence-electron chi connectivity index (χ1n) is 7.77. The first-order chi connectivity index (χ1) is 12.3. The quantitative estimate of drug-likeness (QED) is 0.519. The largest absolute Gasteiger partial charge is 0.333 e. The van der Waals surface area contributed by atoms with Gasteiger partial charge in [-0.05, 0) is 26.0 Å². The highest BCUT2D eigenvalue weighted by Crippen LogP contribution is 2.26. The highest BCUT2D eigenvalue weighted by atomic mass is 32.2. The van der Waals surface area contributed by atoms with Crippen molar-refractivity contribution in [1.82, 2.24) is 9.97 Å². The van der Waals surface area contributed by atoms with E-state index >= 15 is 0 Å². The molecule has 1 amide bonds. The molecule has 0 radical (unpaired) electrons. The zero-order valence-electron chi connectivity index (χ0n) is 14.0. The smallest absolute Gasteiger partial charge is 0.237 e. The van der Waals surface area contributed by atoms with Crippen LogP contribution in [0.2, 0.25) is 0 Å². The van der Waals surface area contributed by atoms with Crippen LogP contribution in [-0.4, -0.2) is 26.9 Å². The summed E-state index contributed by atoms with van der Waals surface area (Å²) in [6.45, 7) is 3.10. The number of thioether (sulfide) groups is 1. The van der Waals surface area contributed by atoms with Crippen molar-refractivity contribution in [2.45, 2.75) is 24.3 Å². The molecule has 0 bridgehead atoms. The zero-order valence-corrected chi connectivity index (χ0v) is 14.8. The zero-order chi connectivity index (χ0) is 18.8. The van der Waals surface area contributed by atoms with Gasteiger partial charge in [-0.3, -0.25) is 9.59 Å². The van der Waals surface area contributed by atoms with Gasteiger partial charge in [0.1, 0.15) is 0 Å². The van der Waals surface area contributed by atoms with Crippen LogP contribution in [0.25, 0.3) is 11.0 Å². The Morgan fingerprint density at radius 2 is 1.88 bits per heavy atom. The summed E-state index contributed by atoms with van der Waals surface area (Å²) in [5, 5.41) is 2.54. The molecular weight excluding hydrogens is 360 g/mol. The Morgan fingerprint density at radius 3 is 2.62 bits per heavy atom. The predicted octanol–water partition coefficient (Wildman–Crippen LogP) is 4.16. The van der Waals surface area contributed by atoms with Crippen molar-refractivity contribution >= 4 is 40.2 Å². The maximum Gasteiger partial charge on any atom is 0.237 e.